The van der Waals surface area contributed by atoms with Gasteiger partial charge in [0, 0.05) is 18.4 Å². The zero-order valence-corrected chi connectivity index (χ0v) is 12.6. The molecule has 4 nitrogen and oxygen atoms in total. The third kappa shape index (κ3) is 3.16. The molecule has 0 aliphatic heterocycles. The van der Waals surface area contributed by atoms with Gasteiger partial charge in [0.05, 0.1) is 3.57 Å². The molecule has 0 unspecified atom stereocenters. The van der Waals surface area contributed by atoms with E-state index in [2.05, 4.69) is 49.8 Å². The minimum Gasteiger partial charge on any atom is -0.369 e. The second kappa shape index (κ2) is 6.08. The van der Waals surface area contributed by atoms with E-state index in [1.807, 2.05) is 31.3 Å². The van der Waals surface area contributed by atoms with Crippen LogP contribution in [0.15, 0.2) is 24.4 Å². The molecule has 0 radical (unpaired) electrons. The fourth-order valence-electron chi connectivity index (χ4n) is 1.53. The first-order chi connectivity index (χ1) is 8.70. The molecule has 0 spiro atoms. The molecule has 0 fully saturated rings. The molecule has 0 bridgehead atoms. The summed E-state index contributed by atoms with van der Waals surface area (Å²) in [5, 5.41) is 3.30. The van der Waals surface area contributed by atoms with Gasteiger partial charge in [0.15, 0.2) is 5.82 Å². The molecule has 0 saturated heterocycles. The van der Waals surface area contributed by atoms with Crippen molar-refractivity contribution in [2.45, 2.75) is 20.3 Å². The molecule has 0 amide bonds. The van der Waals surface area contributed by atoms with Crippen LogP contribution in [-0.4, -0.2) is 21.5 Å². The lowest BCUT2D eigenvalue weighted by atomic mass is 10.3. The number of hydrogen-bond acceptors (Lipinski definition) is 4. The standard InChI is InChI=1S/C13H15IN4/c1-3-7-15-12-10(14)8-16-13(18-12)11-6-4-5-9(2)17-11/h4-6,8H,3,7H2,1-2H3,(H,15,16,18). The van der Waals surface area contributed by atoms with Crippen LogP contribution in [0.1, 0.15) is 19.0 Å². The summed E-state index contributed by atoms with van der Waals surface area (Å²) in [6, 6.07) is 5.86. The van der Waals surface area contributed by atoms with Crippen LogP contribution in [-0.2, 0) is 0 Å². The number of aromatic nitrogens is 3. The number of nitrogens with zero attached hydrogens (tertiary/aromatic N) is 3. The second-order valence-electron chi connectivity index (χ2n) is 3.98. The van der Waals surface area contributed by atoms with E-state index < -0.39 is 0 Å². The quantitative estimate of drug-likeness (QED) is 0.857. The number of hydrogen-bond donors (Lipinski definition) is 1. The molecule has 2 aromatic heterocycles. The zero-order chi connectivity index (χ0) is 13.0. The Labute approximate surface area is 120 Å². The van der Waals surface area contributed by atoms with Crippen molar-refractivity contribution in [3.8, 4) is 11.5 Å². The molecule has 94 valence electrons. The number of rotatable bonds is 4. The zero-order valence-electron chi connectivity index (χ0n) is 10.4. The van der Waals surface area contributed by atoms with Crippen molar-refractivity contribution in [1.82, 2.24) is 15.0 Å². The third-order valence-corrected chi connectivity index (χ3v) is 3.19. The summed E-state index contributed by atoms with van der Waals surface area (Å²) in [6.07, 6.45) is 2.89. The number of halogens is 1. The van der Waals surface area contributed by atoms with E-state index in [9.17, 15) is 0 Å². The summed E-state index contributed by atoms with van der Waals surface area (Å²) in [7, 11) is 0. The highest BCUT2D eigenvalue weighted by atomic mass is 127. The predicted octanol–water partition coefficient (Wildman–Crippen LogP) is 3.27. The average Bonchev–Trinajstić information content (AvgIpc) is 2.38. The molecule has 1 N–H and O–H groups in total. The fraction of sp³-hybridized carbons (Fsp3) is 0.308. The Morgan fingerprint density at radius 2 is 2.11 bits per heavy atom. The molecule has 0 aliphatic rings. The summed E-state index contributed by atoms with van der Waals surface area (Å²) in [4.78, 5) is 13.3. The highest BCUT2D eigenvalue weighted by Gasteiger charge is 2.07. The molecule has 0 saturated carbocycles. The first-order valence-corrected chi connectivity index (χ1v) is 6.99. The number of pyridine rings is 1. The molecule has 2 aromatic rings. The van der Waals surface area contributed by atoms with Crippen LogP contribution in [0.5, 0.6) is 0 Å². The molecule has 0 atom stereocenters. The summed E-state index contributed by atoms with van der Waals surface area (Å²) in [5.74, 6) is 1.54. The first kappa shape index (κ1) is 13.2. The van der Waals surface area contributed by atoms with Gasteiger partial charge in [0.25, 0.3) is 0 Å². The molecule has 18 heavy (non-hydrogen) atoms. The maximum atomic E-state index is 4.53. The summed E-state index contributed by atoms with van der Waals surface area (Å²) in [5.41, 5.74) is 1.78. The summed E-state index contributed by atoms with van der Waals surface area (Å²) < 4.78 is 1.03. The van der Waals surface area contributed by atoms with Gasteiger partial charge in [0.1, 0.15) is 11.5 Å². The van der Waals surface area contributed by atoms with Crippen molar-refractivity contribution >= 4 is 28.4 Å². The average molecular weight is 354 g/mol. The van der Waals surface area contributed by atoms with E-state index in [-0.39, 0.29) is 0 Å². The van der Waals surface area contributed by atoms with Crippen molar-refractivity contribution in [3.63, 3.8) is 0 Å². The van der Waals surface area contributed by atoms with E-state index in [0.717, 1.165) is 33.7 Å². The number of anilines is 1. The highest BCUT2D eigenvalue weighted by molar-refractivity contribution is 14.1. The fourth-order valence-corrected chi connectivity index (χ4v) is 1.98. The molecular weight excluding hydrogens is 339 g/mol. The molecule has 0 aliphatic carbocycles. The monoisotopic (exact) mass is 354 g/mol. The van der Waals surface area contributed by atoms with E-state index in [4.69, 9.17) is 0 Å². The van der Waals surface area contributed by atoms with Crippen molar-refractivity contribution in [3.05, 3.63) is 33.7 Å². The van der Waals surface area contributed by atoms with Crippen LogP contribution in [0.3, 0.4) is 0 Å². The molecule has 2 heterocycles. The van der Waals surface area contributed by atoms with Crippen LogP contribution in [0, 0.1) is 10.5 Å². The topological polar surface area (TPSA) is 50.7 Å². The van der Waals surface area contributed by atoms with Gasteiger partial charge in [-0.2, -0.15) is 0 Å². The Balaban J connectivity index is 2.34. The normalized spacial score (nSPS) is 10.4. The van der Waals surface area contributed by atoms with Gasteiger partial charge in [-0.15, -0.1) is 0 Å². The van der Waals surface area contributed by atoms with Gasteiger partial charge in [0.2, 0.25) is 0 Å². The Kier molecular flexibility index (Phi) is 4.46. The Morgan fingerprint density at radius 1 is 1.28 bits per heavy atom. The van der Waals surface area contributed by atoms with E-state index in [1.165, 1.54) is 0 Å². The van der Waals surface area contributed by atoms with Crippen molar-refractivity contribution < 1.29 is 0 Å². The Bertz CT molecular complexity index is 542. The van der Waals surface area contributed by atoms with Gasteiger partial charge in [-0.25, -0.2) is 15.0 Å². The van der Waals surface area contributed by atoms with Gasteiger partial charge < -0.3 is 5.32 Å². The predicted molar refractivity (Wildman–Crippen MR) is 81.5 cm³/mol. The van der Waals surface area contributed by atoms with Gasteiger partial charge in [-0.05, 0) is 48.1 Å². The Hall–Kier alpha value is -1.24. The minimum absolute atomic E-state index is 0.665. The van der Waals surface area contributed by atoms with Crippen molar-refractivity contribution in [1.29, 1.82) is 0 Å². The maximum absolute atomic E-state index is 4.53. The second-order valence-corrected chi connectivity index (χ2v) is 5.14. The van der Waals surface area contributed by atoms with Gasteiger partial charge >= 0.3 is 0 Å². The van der Waals surface area contributed by atoms with Gasteiger partial charge in [-0.1, -0.05) is 13.0 Å². The SMILES string of the molecule is CCCNc1nc(-c2cccc(C)n2)ncc1I. The summed E-state index contributed by atoms with van der Waals surface area (Å²) >= 11 is 2.23. The van der Waals surface area contributed by atoms with E-state index in [0.29, 0.717) is 5.82 Å². The molecule has 5 heteroatoms. The van der Waals surface area contributed by atoms with Crippen LogP contribution < -0.4 is 5.32 Å². The lowest BCUT2D eigenvalue weighted by Gasteiger charge is -2.08. The van der Waals surface area contributed by atoms with Crippen molar-refractivity contribution in [2.24, 2.45) is 0 Å². The molecule has 2 rings (SSSR count). The minimum atomic E-state index is 0.665. The van der Waals surface area contributed by atoms with E-state index in [1.54, 1.807) is 0 Å². The van der Waals surface area contributed by atoms with Crippen LogP contribution in [0.4, 0.5) is 5.82 Å². The smallest absolute Gasteiger partial charge is 0.180 e. The van der Waals surface area contributed by atoms with Crippen molar-refractivity contribution in [2.75, 3.05) is 11.9 Å². The number of aryl methyl sites for hydroxylation is 1. The first-order valence-electron chi connectivity index (χ1n) is 5.91. The largest absolute Gasteiger partial charge is 0.369 e. The van der Waals surface area contributed by atoms with Crippen LogP contribution in [0.2, 0.25) is 0 Å². The Morgan fingerprint density at radius 3 is 2.83 bits per heavy atom. The van der Waals surface area contributed by atoms with Crippen LogP contribution >= 0.6 is 22.6 Å². The number of nitrogens with one attached hydrogen (secondary N) is 1. The molecule has 0 aromatic carbocycles. The molecular formula is C13H15IN4. The van der Waals surface area contributed by atoms with E-state index >= 15 is 0 Å². The van der Waals surface area contributed by atoms with Crippen LogP contribution in [0.25, 0.3) is 11.5 Å². The highest BCUT2D eigenvalue weighted by Crippen LogP contribution is 2.19. The lowest BCUT2D eigenvalue weighted by Crippen LogP contribution is -2.06. The third-order valence-electron chi connectivity index (χ3n) is 2.40. The maximum Gasteiger partial charge on any atom is 0.180 e. The van der Waals surface area contributed by atoms with Gasteiger partial charge in [-0.3, -0.25) is 0 Å². The lowest BCUT2D eigenvalue weighted by molar-refractivity contribution is 0.961. The summed E-state index contributed by atoms with van der Waals surface area (Å²) in [6.45, 7) is 5.00.